The first-order valence-corrected chi connectivity index (χ1v) is 43.1. The molecule has 2 atom stereocenters. The summed E-state index contributed by atoms with van der Waals surface area (Å²) < 4.78 is 0. The van der Waals surface area contributed by atoms with Gasteiger partial charge in [-0.3, -0.25) is 29.0 Å². The van der Waals surface area contributed by atoms with Crippen LogP contribution in [0.15, 0.2) is 24.3 Å². The lowest BCUT2D eigenvalue weighted by Gasteiger charge is -2.35. The predicted octanol–water partition coefficient (Wildman–Crippen LogP) is 20.7. The Bertz CT molecular complexity index is 3300. The highest BCUT2D eigenvalue weighted by atomic mass is 32.1. The summed E-state index contributed by atoms with van der Waals surface area (Å²) in [6.45, 7) is 23.8. The summed E-state index contributed by atoms with van der Waals surface area (Å²) in [4.78, 5) is 77.2. The average molecular weight is 1280 g/mol. The van der Waals surface area contributed by atoms with E-state index in [1.54, 1.807) is 53.2 Å². The van der Waals surface area contributed by atoms with Crippen LogP contribution in [0.1, 0.15) is 261 Å². The second-order valence-corrected chi connectivity index (χ2v) is 40.5. The molecular formula is C70H96N2O4S6Si2. The number of aryl methyl sites for hydroxylation is 2. The van der Waals surface area contributed by atoms with Crippen LogP contribution >= 0.6 is 68.0 Å². The molecular weight excluding hydrogens is 1180 g/mol. The summed E-state index contributed by atoms with van der Waals surface area (Å²) in [5.41, 5.74) is 2.55. The summed E-state index contributed by atoms with van der Waals surface area (Å²) in [6.07, 6.45) is 27.8. The maximum Gasteiger partial charge on any atom is 0.263 e. The van der Waals surface area contributed by atoms with E-state index in [1.807, 2.05) is 52.3 Å². The fourth-order valence-electron chi connectivity index (χ4n) is 15.1. The van der Waals surface area contributed by atoms with Gasteiger partial charge in [0.25, 0.3) is 23.6 Å². The monoisotopic (exact) mass is 1280 g/mol. The van der Waals surface area contributed by atoms with Crippen LogP contribution in [0.2, 0.25) is 24.2 Å². The minimum absolute atomic E-state index is 0.0967. The van der Waals surface area contributed by atoms with E-state index in [4.69, 9.17) is 0 Å². The number of amides is 4. The molecule has 4 aliphatic rings. The maximum absolute atomic E-state index is 15.4. The summed E-state index contributed by atoms with van der Waals surface area (Å²) in [6, 6.07) is 15.2. The lowest BCUT2D eigenvalue weighted by molar-refractivity contribution is 0.0636. The highest BCUT2D eigenvalue weighted by Crippen LogP contribution is 2.56. The minimum Gasteiger partial charge on any atom is -0.274 e. The average Bonchev–Trinajstić information content (AvgIpc) is 1.63. The molecule has 454 valence electrons. The van der Waals surface area contributed by atoms with Crippen LogP contribution < -0.4 is 20.7 Å². The number of carbonyl (C=O) groups is 4. The second kappa shape index (κ2) is 28.2. The summed E-state index contributed by atoms with van der Waals surface area (Å²) in [5.74, 6) is 0.731. The van der Waals surface area contributed by atoms with Gasteiger partial charge in [-0.25, -0.2) is 0 Å². The fraction of sp³-hybridized carbons (Fsp3) is 0.600. The highest BCUT2D eigenvalue weighted by molar-refractivity contribution is 7.35. The van der Waals surface area contributed by atoms with E-state index < -0.39 is 16.1 Å². The largest absolute Gasteiger partial charge is 0.274 e. The standard InChI is InChI=1S/C70H96N2O4S6Si2/c1-11-19-25-29-35-71-67(73)56-46(10)78-60(57(56)68(71)74)49-41-54-65(79-49)66-55(84(54,43-47(17-7)33-23-15-5)44-48(18-8)34-24-16-6)42-51(81-66)62-59-58(69(75)72(70(59)76)36-30-26-20-12-2)61(82-62)50-40-53-64(80-50)63-52(39-45(9)77-63)83(53,37-31-27-21-13-3)38-32-28-22-14-4/h39-42,47-48H,11-38,43-44H2,1-10H3. The molecule has 0 spiro atoms. The molecule has 4 amide bonds. The van der Waals surface area contributed by atoms with E-state index in [2.05, 4.69) is 86.6 Å². The quantitative estimate of drug-likeness (QED) is 0.0226. The van der Waals surface area contributed by atoms with Gasteiger partial charge in [-0.2, -0.15) is 0 Å². The third-order valence-corrected chi connectivity index (χ3v) is 38.8. The van der Waals surface area contributed by atoms with Gasteiger partial charge in [0.1, 0.15) is 16.1 Å². The zero-order valence-electron chi connectivity index (χ0n) is 52.7. The Morgan fingerprint density at radius 2 is 0.726 bits per heavy atom. The molecule has 84 heavy (non-hydrogen) atoms. The number of unbranched alkanes of at least 4 members (excludes halogenated alkanes) is 14. The molecule has 0 bridgehead atoms. The van der Waals surface area contributed by atoms with Crippen LogP contribution in [0.4, 0.5) is 0 Å². The van der Waals surface area contributed by atoms with Gasteiger partial charge < -0.3 is 0 Å². The SMILES string of the molecule is CCCCCCN1C(=O)c2c(C)sc(-c3cc4c(s3)-c3sc(-c5sc(-c6cc7c(s6)-c6sc(C)cc6[Si]7(CCCCCC)CCCCCC)c6c5C(=O)N(CCCCCC)C6=O)cc3[Si]4(CC(CC)CCCC)CC(CC)CCCC)c2C1=O. The Hall–Kier alpha value is -3.09. The zero-order valence-corrected chi connectivity index (χ0v) is 59.6. The third-order valence-electron chi connectivity index (χ3n) is 19.8. The zero-order chi connectivity index (χ0) is 59.5. The van der Waals surface area contributed by atoms with E-state index in [1.165, 1.54) is 143 Å². The van der Waals surface area contributed by atoms with Gasteiger partial charge in [-0.15, -0.1) is 68.0 Å². The first-order valence-electron chi connectivity index (χ1n) is 33.4. The van der Waals surface area contributed by atoms with Crippen molar-refractivity contribution >= 4 is 129 Å². The van der Waals surface area contributed by atoms with Crippen molar-refractivity contribution in [1.29, 1.82) is 0 Å². The van der Waals surface area contributed by atoms with Gasteiger partial charge in [0.15, 0.2) is 0 Å². The van der Waals surface area contributed by atoms with E-state index in [9.17, 15) is 9.59 Å². The molecule has 0 fully saturated rings. The number of rotatable bonds is 35. The van der Waals surface area contributed by atoms with Crippen molar-refractivity contribution in [3.05, 3.63) is 56.3 Å². The van der Waals surface area contributed by atoms with Gasteiger partial charge in [-0.05, 0) is 108 Å². The van der Waals surface area contributed by atoms with Crippen LogP contribution in [-0.4, -0.2) is 62.7 Å². The number of hydrogen-bond acceptors (Lipinski definition) is 10. The Kier molecular flexibility index (Phi) is 21.4. The van der Waals surface area contributed by atoms with E-state index in [0.29, 0.717) is 47.2 Å². The van der Waals surface area contributed by atoms with Crippen molar-refractivity contribution in [3.8, 4) is 48.8 Å². The molecule has 0 radical (unpaired) electrons. The molecule has 0 saturated carbocycles. The van der Waals surface area contributed by atoms with Gasteiger partial charge in [0, 0.05) is 57.0 Å². The van der Waals surface area contributed by atoms with Crippen LogP contribution in [0.3, 0.4) is 0 Å². The smallest absolute Gasteiger partial charge is 0.263 e. The van der Waals surface area contributed by atoms with Crippen molar-refractivity contribution in [2.75, 3.05) is 13.1 Å². The van der Waals surface area contributed by atoms with Crippen LogP contribution in [0, 0.1) is 25.7 Å². The summed E-state index contributed by atoms with van der Waals surface area (Å²) in [7, 11) is -4.71. The number of imide groups is 2. The Labute approximate surface area is 530 Å². The van der Waals surface area contributed by atoms with E-state index in [0.717, 1.165) is 93.5 Å². The minimum atomic E-state index is -2.58. The van der Waals surface area contributed by atoms with Crippen LogP contribution in [-0.2, 0) is 0 Å². The molecule has 0 N–H and O–H groups in total. The third kappa shape index (κ3) is 11.9. The molecule has 10 heterocycles. The molecule has 14 heteroatoms. The van der Waals surface area contributed by atoms with Crippen molar-refractivity contribution in [2.45, 2.75) is 248 Å². The lowest BCUT2D eigenvalue weighted by Crippen LogP contribution is -2.56. The molecule has 0 saturated heterocycles. The molecule has 6 nitrogen and oxygen atoms in total. The van der Waals surface area contributed by atoms with E-state index >= 15 is 9.59 Å². The van der Waals surface area contributed by atoms with Gasteiger partial charge >= 0.3 is 0 Å². The Morgan fingerprint density at radius 1 is 0.369 bits per heavy atom. The molecule has 4 aliphatic heterocycles. The van der Waals surface area contributed by atoms with Crippen molar-refractivity contribution in [2.24, 2.45) is 11.8 Å². The first-order chi connectivity index (χ1) is 40.8. The molecule has 0 aromatic carbocycles. The molecule has 0 aliphatic carbocycles. The Balaban J connectivity index is 1.15. The van der Waals surface area contributed by atoms with Gasteiger partial charge in [0.05, 0.1) is 36.9 Å². The summed E-state index contributed by atoms with van der Waals surface area (Å²) in [5, 5.41) is 6.39. The van der Waals surface area contributed by atoms with E-state index in [-0.39, 0.29) is 23.6 Å². The van der Waals surface area contributed by atoms with Crippen molar-refractivity contribution in [3.63, 3.8) is 0 Å². The van der Waals surface area contributed by atoms with Crippen LogP contribution in [0.25, 0.3) is 48.8 Å². The topological polar surface area (TPSA) is 74.8 Å². The summed E-state index contributed by atoms with van der Waals surface area (Å²) >= 11 is 11.1. The second-order valence-electron chi connectivity index (χ2n) is 25.6. The number of thiophene rings is 6. The molecule has 2 unspecified atom stereocenters. The number of nitrogens with zero attached hydrogens (tertiary/aromatic N) is 2. The fourth-order valence-corrected chi connectivity index (χ4v) is 37.6. The number of hydrogen-bond donors (Lipinski definition) is 0. The van der Waals surface area contributed by atoms with Crippen molar-refractivity contribution < 1.29 is 19.2 Å². The first kappa shape index (κ1) is 63.9. The number of carbonyl (C=O) groups excluding carboxylic acids is 4. The molecule has 6 aromatic rings. The van der Waals surface area contributed by atoms with Crippen molar-refractivity contribution in [1.82, 2.24) is 9.80 Å². The maximum atomic E-state index is 15.4. The van der Waals surface area contributed by atoms with Gasteiger partial charge in [-0.1, -0.05) is 197 Å². The number of fused-ring (bicyclic) bond motifs is 8. The van der Waals surface area contributed by atoms with Gasteiger partial charge in [0.2, 0.25) is 0 Å². The Morgan fingerprint density at radius 3 is 1.14 bits per heavy atom. The molecule has 10 rings (SSSR count). The molecule has 6 aromatic heterocycles. The van der Waals surface area contributed by atoms with Crippen LogP contribution in [0.5, 0.6) is 0 Å². The predicted molar refractivity (Wildman–Crippen MR) is 374 cm³/mol. The lowest BCUT2D eigenvalue weighted by atomic mass is 10.0. The normalized spacial score (nSPS) is 17.3. The highest BCUT2D eigenvalue weighted by Gasteiger charge is 2.53.